The van der Waals surface area contributed by atoms with Gasteiger partial charge in [-0.3, -0.25) is 9.63 Å². The third kappa shape index (κ3) is 4.51. The van der Waals surface area contributed by atoms with Gasteiger partial charge in [0.05, 0.1) is 41.3 Å². The molecule has 4 aromatic rings. The lowest BCUT2D eigenvalue weighted by Crippen LogP contribution is -2.45. The summed E-state index contributed by atoms with van der Waals surface area (Å²) in [6.45, 7) is 6.09. The number of aromatic nitrogens is 3. The van der Waals surface area contributed by atoms with Crippen LogP contribution in [0.5, 0.6) is 0 Å². The summed E-state index contributed by atoms with van der Waals surface area (Å²) in [5.74, 6) is -1.29. The van der Waals surface area contributed by atoms with E-state index in [1.165, 1.54) is 11.8 Å². The molecule has 5 heterocycles. The lowest BCUT2D eigenvalue weighted by atomic mass is 9.81. The zero-order valence-corrected chi connectivity index (χ0v) is 22.3. The Morgan fingerprint density at radius 3 is 2.84 bits per heavy atom. The molecule has 2 aliphatic rings. The number of hydrogen-bond acceptors (Lipinski definition) is 8. The summed E-state index contributed by atoms with van der Waals surface area (Å²) in [6, 6.07) is 9.05. The molecule has 12 heteroatoms. The molecule has 0 aliphatic carbocycles. The number of imidazole rings is 1. The molecule has 0 radical (unpaired) electrons. The molecule has 0 bridgehead atoms. The summed E-state index contributed by atoms with van der Waals surface area (Å²) >= 11 is 7.40. The maximum atomic E-state index is 13.5. The number of nitrogens with one attached hydrogen (secondary N) is 3. The zero-order chi connectivity index (χ0) is 26.8. The Morgan fingerprint density at radius 2 is 2.08 bits per heavy atom. The van der Waals surface area contributed by atoms with Crippen LogP contribution in [-0.2, 0) is 9.63 Å². The number of hydroxylamine groups is 2. The second-order valence-electron chi connectivity index (χ2n) is 10.1. The lowest BCUT2D eigenvalue weighted by Gasteiger charge is -2.38. The Labute approximate surface area is 226 Å². The highest BCUT2D eigenvalue weighted by molar-refractivity contribution is 7.99. The van der Waals surface area contributed by atoms with Gasteiger partial charge in [0.25, 0.3) is 0 Å². The summed E-state index contributed by atoms with van der Waals surface area (Å²) in [7, 11) is 0. The summed E-state index contributed by atoms with van der Waals surface area (Å²) in [5, 5.41) is 16.4. The number of aromatic amines is 2. The van der Waals surface area contributed by atoms with Crippen LogP contribution >= 0.6 is 23.4 Å². The van der Waals surface area contributed by atoms with Gasteiger partial charge in [-0.2, -0.15) is 5.06 Å². The number of H-pyrrole nitrogens is 2. The average molecular weight is 554 g/mol. The van der Waals surface area contributed by atoms with E-state index in [-0.39, 0.29) is 18.0 Å². The summed E-state index contributed by atoms with van der Waals surface area (Å²) < 4.78 is 6.23. The van der Waals surface area contributed by atoms with Crippen LogP contribution in [0.2, 0.25) is 5.02 Å². The number of rotatable bonds is 5. The van der Waals surface area contributed by atoms with E-state index >= 15 is 0 Å². The molecule has 2 aliphatic heterocycles. The molecule has 6 rings (SSSR count). The van der Waals surface area contributed by atoms with Gasteiger partial charge in [-0.1, -0.05) is 11.6 Å². The quantitative estimate of drug-likeness (QED) is 0.255. The third-order valence-electron chi connectivity index (χ3n) is 6.19. The fourth-order valence-corrected chi connectivity index (χ4v) is 5.78. The number of furan rings is 1. The Morgan fingerprint density at radius 1 is 1.26 bits per heavy atom. The SMILES string of the molecule is CC(C)(C)ON1CC(=O)C2=C(C1)Nc1c(c[nH]c1C(=O)O)C2c1ccc(Sc2nc3ccc(Cl)cc3[nH]2)o1. The molecule has 10 nitrogen and oxygen atoms in total. The van der Waals surface area contributed by atoms with Crippen molar-refractivity contribution in [1.29, 1.82) is 0 Å². The molecular weight excluding hydrogens is 530 g/mol. The van der Waals surface area contributed by atoms with Crippen molar-refractivity contribution in [2.45, 2.75) is 42.5 Å². The molecule has 0 amide bonds. The van der Waals surface area contributed by atoms with Gasteiger partial charge in [-0.05, 0) is 62.9 Å². The van der Waals surface area contributed by atoms with E-state index in [9.17, 15) is 14.7 Å². The molecule has 0 saturated carbocycles. The molecule has 1 aromatic carbocycles. The zero-order valence-electron chi connectivity index (χ0n) is 20.7. The number of halogens is 1. The van der Waals surface area contributed by atoms with E-state index in [2.05, 4.69) is 20.3 Å². The molecule has 3 aromatic heterocycles. The lowest BCUT2D eigenvalue weighted by molar-refractivity contribution is -0.223. The van der Waals surface area contributed by atoms with Crippen LogP contribution in [0.3, 0.4) is 0 Å². The molecule has 38 heavy (non-hydrogen) atoms. The Hall–Kier alpha value is -3.51. The minimum atomic E-state index is -1.10. The first-order valence-electron chi connectivity index (χ1n) is 11.9. The van der Waals surface area contributed by atoms with E-state index in [0.717, 1.165) is 11.0 Å². The Balaban J connectivity index is 1.37. The van der Waals surface area contributed by atoms with Crippen molar-refractivity contribution >= 4 is 51.8 Å². The van der Waals surface area contributed by atoms with Crippen molar-refractivity contribution in [3.05, 3.63) is 69.8 Å². The summed E-state index contributed by atoms with van der Waals surface area (Å²) in [4.78, 5) is 42.0. The monoisotopic (exact) mass is 553 g/mol. The van der Waals surface area contributed by atoms with Crippen molar-refractivity contribution < 1.29 is 24.0 Å². The van der Waals surface area contributed by atoms with E-state index in [0.29, 0.717) is 50.1 Å². The topological polar surface area (TPSA) is 136 Å². The Bertz CT molecular complexity index is 1630. The number of carbonyl (C=O) groups excluding carboxylic acids is 1. The van der Waals surface area contributed by atoms with Crippen molar-refractivity contribution in [3.8, 4) is 0 Å². The van der Waals surface area contributed by atoms with Gasteiger partial charge >= 0.3 is 5.97 Å². The molecule has 196 valence electrons. The minimum Gasteiger partial charge on any atom is -0.477 e. The number of carbonyl (C=O) groups is 2. The van der Waals surface area contributed by atoms with E-state index in [1.54, 1.807) is 23.4 Å². The molecule has 1 unspecified atom stereocenters. The molecule has 0 spiro atoms. The molecule has 4 N–H and O–H groups in total. The van der Waals surface area contributed by atoms with Gasteiger partial charge in [0.2, 0.25) is 0 Å². The van der Waals surface area contributed by atoms with E-state index in [1.807, 2.05) is 39.0 Å². The minimum absolute atomic E-state index is 0.0138. The van der Waals surface area contributed by atoms with Gasteiger partial charge < -0.3 is 24.8 Å². The summed E-state index contributed by atoms with van der Waals surface area (Å²) in [6.07, 6.45) is 1.61. The van der Waals surface area contributed by atoms with Crippen molar-refractivity contribution in [1.82, 2.24) is 20.0 Å². The Kier molecular flexibility index (Phi) is 5.91. The molecular formula is C26H24ClN5O5S. The highest BCUT2D eigenvalue weighted by Crippen LogP contribution is 2.46. The predicted molar refractivity (Wildman–Crippen MR) is 142 cm³/mol. The molecule has 0 fully saturated rings. The van der Waals surface area contributed by atoms with Crippen LogP contribution < -0.4 is 5.32 Å². The maximum Gasteiger partial charge on any atom is 0.354 e. The highest BCUT2D eigenvalue weighted by Gasteiger charge is 2.41. The van der Waals surface area contributed by atoms with Crippen LogP contribution in [0.4, 0.5) is 5.69 Å². The fraction of sp³-hybridized carbons (Fsp3) is 0.269. The second kappa shape index (κ2) is 9.05. The fourth-order valence-electron chi connectivity index (χ4n) is 4.84. The van der Waals surface area contributed by atoms with Crippen LogP contribution in [0.1, 0.15) is 48.5 Å². The first kappa shape index (κ1) is 24.8. The maximum absolute atomic E-state index is 13.5. The number of anilines is 1. The van der Waals surface area contributed by atoms with Crippen LogP contribution in [0.15, 0.2) is 62.5 Å². The number of carboxylic acids is 1. The number of nitrogens with zero attached hydrogens (tertiary/aromatic N) is 2. The number of hydrogen-bond donors (Lipinski definition) is 4. The number of aromatic carboxylic acids is 1. The number of Topliss-reactive ketones (excluding diaryl/α,β-unsaturated/α-hetero) is 1. The van der Waals surface area contributed by atoms with E-state index < -0.39 is 17.5 Å². The summed E-state index contributed by atoms with van der Waals surface area (Å²) in [5.41, 5.74) is 3.27. The van der Waals surface area contributed by atoms with Crippen LogP contribution in [-0.4, -0.2) is 55.6 Å². The number of benzene rings is 1. The number of fused-ring (bicyclic) bond motifs is 2. The smallest absolute Gasteiger partial charge is 0.354 e. The van der Waals surface area contributed by atoms with Crippen LogP contribution in [0, 0.1) is 0 Å². The second-order valence-corrected chi connectivity index (χ2v) is 11.6. The van der Waals surface area contributed by atoms with Crippen molar-refractivity contribution in [2.24, 2.45) is 0 Å². The third-order valence-corrected chi connectivity index (χ3v) is 7.23. The molecule has 1 atom stereocenters. The van der Waals surface area contributed by atoms with Gasteiger partial charge in [0.1, 0.15) is 11.5 Å². The first-order valence-corrected chi connectivity index (χ1v) is 13.1. The van der Waals surface area contributed by atoms with Crippen LogP contribution in [0.25, 0.3) is 11.0 Å². The molecule has 0 saturated heterocycles. The largest absolute Gasteiger partial charge is 0.477 e. The first-order chi connectivity index (χ1) is 18.1. The van der Waals surface area contributed by atoms with Gasteiger partial charge in [0.15, 0.2) is 16.0 Å². The number of ketones is 1. The standard InChI is InChI=1S/C26H24ClN5O5S/c1-26(2,3)37-32-10-16-21(17(33)11-32)20(13-9-28-23(24(34)35)22(13)29-16)18-6-7-19(36-18)38-25-30-14-5-4-12(27)8-15(14)31-25/h4-9,20,28-29H,10-11H2,1-3H3,(H,30,31)(H,34,35). The highest BCUT2D eigenvalue weighted by atomic mass is 35.5. The van der Waals surface area contributed by atoms with Gasteiger partial charge in [0, 0.05) is 28.1 Å². The van der Waals surface area contributed by atoms with Crippen molar-refractivity contribution in [3.63, 3.8) is 0 Å². The normalized spacial score (nSPS) is 18.0. The predicted octanol–water partition coefficient (Wildman–Crippen LogP) is 5.41. The van der Waals surface area contributed by atoms with E-state index in [4.69, 9.17) is 20.9 Å². The number of carboxylic acid groups (broad SMARTS) is 1. The average Bonchev–Trinajstić information content (AvgIpc) is 3.54. The van der Waals surface area contributed by atoms with Gasteiger partial charge in [-0.25, -0.2) is 9.78 Å². The van der Waals surface area contributed by atoms with Gasteiger partial charge in [-0.15, -0.1) is 0 Å². The van der Waals surface area contributed by atoms with Crippen molar-refractivity contribution in [2.75, 3.05) is 18.4 Å².